The fourth-order valence-electron chi connectivity index (χ4n) is 4.79. The molecule has 0 saturated carbocycles. The van der Waals surface area contributed by atoms with E-state index in [0.29, 0.717) is 22.6 Å². The Morgan fingerprint density at radius 3 is 1.27 bits per heavy atom. The smallest absolute Gasteiger partial charge is 0.309 e. The first-order valence-corrected chi connectivity index (χ1v) is 14.4. The summed E-state index contributed by atoms with van der Waals surface area (Å²) < 4.78 is 21.3. The lowest BCUT2D eigenvalue weighted by molar-refractivity contribution is -0.140. The van der Waals surface area contributed by atoms with Gasteiger partial charge in [-0.3, -0.25) is 19.2 Å². The van der Waals surface area contributed by atoms with Crippen LogP contribution in [0.25, 0.3) is 0 Å². The lowest BCUT2D eigenvalue weighted by Gasteiger charge is -2.27. The molecule has 8 heteroatoms. The van der Waals surface area contributed by atoms with Gasteiger partial charge >= 0.3 is 11.9 Å². The number of benzene rings is 4. The molecule has 0 aliphatic rings. The molecule has 0 aliphatic carbocycles. The number of methoxy groups -OCH3 is 2. The quantitative estimate of drug-likeness (QED) is 0.123. The van der Waals surface area contributed by atoms with Gasteiger partial charge in [0.05, 0.1) is 38.2 Å². The molecule has 0 unspecified atom stereocenters. The first-order chi connectivity index (χ1) is 21.7. The Morgan fingerprint density at radius 1 is 0.578 bits per heavy atom. The van der Waals surface area contributed by atoms with Crippen LogP contribution in [0.2, 0.25) is 0 Å². The molecule has 0 N–H and O–H groups in total. The predicted octanol–water partition coefficient (Wildman–Crippen LogP) is 6.23. The third-order valence-electron chi connectivity index (χ3n) is 7.70. The molecule has 0 radical (unpaired) electrons. The molecule has 45 heavy (non-hydrogen) atoms. The van der Waals surface area contributed by atoms with Crippen LogP contribution in [0.3, 0.4) is 0 Å². The van der Waals surface area contributed by atoms with Crippen molar-refractivity contribution in [1.82, 2.24) is 0 Å². The standard InChI is InChI=1S/C37H36O8/c1-37(2,31-13-15-33(29(19-31)21-38)44-23-27-9-5-25(6-10-27)17-35(40)42-3)32-14-16-34(30(20-32)22-39)45-24-28-11-7-26(8-12-28)18-36(41)43-4/h5-16,19-22H,17-18,23-24H2,1-4H3. The van der Waals surface area contributed by atoms with E-state index in [1.54, 1.807) is 24.3 Å². The monoisotopic (exact) mass is 608 g/mol. The minimum Gasteiger partial charge on any atom is -0.488 e. The highest BCUT2D eigenvalue weighted by Crippen LogP contribution is 2.36. The highest BCUT2D eigenvalue weighted by atomic mass is 16.5. The number of carbonyl (C=O) groups excluding carboxylic acids is 4. The summed E-state index contributed by atoms with van der Waals surface area (Å²) in [6.45, 7) is 4.55. The molecule has 0 spiro atoms. The first kappa shape index (κ1) is 32.7. The molecular weight excluding hydrogens is 572 g/mol. The van der Waals surface area contributed by atoms with Gasteiger partial charge in [0.15, 0.2) is 12.6 Å². The average Bonchev–Trinajstić information content (AvgIpc) is 3.07. The Labute approximate surface area is 262 Å². The van der Waals surface area contributed by atoms with E-state index in [4.69, 9.17) is 18.9 Å². The summed E-state index contributed by atoms with van der Waals surface area (Å²) in [7, 11) is 2.71. The number of hydrogen-bond donors (Lipinski definition) is 0. The molecular formula is C37H36O8. The Morgan fingerprint density at radius 2 is 0.933 bits per heavy atom. The topological polar surface area (TPSA) is 105 Å². The molecule has 0 amide bonds. The van der Waals surface area contributed by atoms with E-state index < -0.39 is 5.41 Å². The largest absolute Gasteiger partial charge is 0.488 e. The fourth-order valence-corrected chi connectivity index (χ4v) is 4.79. The molecule has 8 nitrogen and oxygen atoms in total. The lowest BCUT2D eigenvalue weighted by Crippen LogP contribution is -2.20. The van der Waals surface area contributed by atoms with Crippen molar-refractivity contribution in [3.8, 4) is 11.5 Å². The number of rotatable bonds is 14. The number of carbonyl (C=O) groups is 4. The van der Waals surface area contributed by atoms with Crippen LogP contribution < -0.4 is 9.47 Å². The van der Waals surface area contributed by atoms with E-state index >= 15 is 0 Å². The van der Waals surface area contributed by atoms with Gasteiger partial charge in [-0.15, -0.1) is 0 Å². The van der Waals surface area contributed by atoms with E-state index in [9.17, 15) is 19.2 Å². The lowest BCUT2D eigenvalue weighted by atomic mass is 9.77. The summed E-state index contributed by atoms with van der Waals surface area (Å²) in [5.74, 6) is 0.306. The van der Waals surface area contributed by atoms with Crippen molar-refractivity contribution in [2.75, 3.05) is 14.2 Å². The van der Waals surface area contributed by atoms with E-state index in [1.165, 1.54) is 14.2 Å². The second kappa shape index (κ2) is 15.0. The van der Waals surface area contributed by atoms with Gasteiger partial charge < -0.3 is 18.9 Å². The third kappa shape index (κ3) is 8.44. The zero-order valence-corrected chi connectivity index (χ0v) is 25.8. The highest BCUT2D eigenvalue weighted by molar-refractivity contribution is 5.81. The van der Waals surface area contributed by atoms with Gasteiger partial charge in [0.1, 0.15) is 24.7 Å². The molecule has 4 aromatic carbocycles. The molecule has 0 heterocycles. The van der Waals surface area contributed by atoms with E-state index in [1.807, 2.05) is 74.5 Å². The zero-order chi connectivity index (χ0) is 32.4. The molecule has 0 aliphatic heterocycles. The molecule has 4 rings (SSSR count). The SMILES string of the molecule is COC(=O)Cc1ccc(COc2ccc(C(C)(C)c3ccc(OCc4ccc(CC(=O)OC)cc4)c(C=O)c3)cc2C=O)cc1. The summed E-state index contributed by atoms with van der Waals surface area (Å²) >= 11 is 0. The molecule has 4 aromatic rings. The minimum atomic E-state index is -0.544. The number of ether oxygens (including phenoxy) is 4. The van der Waals surface area contributed by atoms with Crippen LogP contribution in [0.4, 0.5) is 0 Å². The Bertz CT molecular complexity index is 1530. The third-order valence-corrected chi connectivity index (χ3v) is 7.70. The van der Waals surface area contributed by atoms with Crippen molar-refractivity contribution in [3.05, 3.63) is 129 Å². The molecule has 0 fully saturated rings. The van der Waals surface area contributed by atoms with Crippen LogP contribution in [0, 0.1) is 0 Å². The molecule has 0 aromatic heterocycles. The van der Waals surface area contributed by atoms with Crippen molar-refractivity contribution >= 4 is 24.5 Å². The normalized spacial score (nSPS) is 10.9. The summed E-state index contributed by atoms with van der Waals surface area (Å²) in [5.41, 5.74) is 5.50. The Kier molecular flexibility index (Phi) is 10.9. The predicted molar refractivity (Wildman–Crippen MR) is 169 cm³/mol. The van der Waals surface area contributed by atoms with Gasteiger partial charge in [-0.1, -0.05) is 74.5 Å². The van der Waals surface area contributed by atoms with Crippen molar-refractivity contribution in [2.24, 2.45) is 0 Å². The summed E-state index contributed by atoms with van der Waals surface area (Å²) in [6.07, 6.45) is 1.93. The molecule has 232 valence electrons. The van der Waals surface area contributed by atoms with Gasteiger partial charge in [-0.25, -0.2) is 0 Å². The summed E-state index contributed by atoms with van der Waals surface area (Å²) in [5, 5.41) is 0. The van der Waals surface area contributed by atoms with Gasteiger partial charge in [0.2, 0.25) is 0 Å². The fraction of sp³-hybridized carbons (Fsp3) is 0.243. The Balaban J connectivity index is 1.44. The van der Waals surface area contributed by atoms with Crippen LogP contribution >= 0.6 is 0 Å². The Hall–Kier alpha value is -5.24. The maximum atomic E-state index is 12.0. The van der Waals surface area contributed by atoms with Crippen LogP contribution in [-0.4, -0.2) is 38.7 Å². The average molecular weight is 609 g/mol. The molecule has 0 saturated heterocycles. The minimum absolute atomic E-state index is 0.198. The maximum absolute atomic E-state index is 12.0. The van der Waals surface area contributed by atoms with Crippen molar-refractivity contribution < 1.29 is 38.1 Å². The number of hydrogen-bond acceptors (Lipinski definition) is 8. The van der Waals surface area contributed by atoms with Gasteiger partial charge in [0, 0.05) is 5.41 Å². The summed E-state index contributed by atoms with van der Waals surface area (Å²) in [6, 6.07) is 25.9. The maximum Gasteiger partial charge on any atom is 0.309 e. The van der Waals surface area contributed by atoms with Crippen molar-refractivity contribution in [1.29, 1.82) is 0 Å². The van der Waals surface area contributed by atoms with Gasteiger partial charge in [-0.05, 0) is 57.6 Å². The summed E-state index contributed by atoms with van der Waals surface area (Å²) in [4.78, 5) is 47.0. The molecule has 0 atom stereocenters. The zero-order valence-electron chi connectivity index (χ0n) is 25.8. The van der Waals surface area contributed by atoms with Gasteiger partial charge in [-0.2, -0.15) is 0 Å². The number of aldehydes is 2. The van der Waals surface area contributed by atoms with E-state index in [2.05, 4.69) is 0 Å². The van der Waals surface area contributed by atoms with Crippen LogP contribution in [0.15, 0.2) is 84.9 Å². The number of esters is 2. The van der Waals surface area contributed by atoms with E-state index in [-0.39, 0.29) is 38.0 Å². The second-order valence-corrected chi connectivity index (χ2v) is 11.1. The second-order valence-electron chi connectivity index (χ2n) is 11.1. The van der Waals surface area contributed by atoms with Gasteiger partial charge in [0.25, 0.3) is 0 Å². The first-order valence-electron chi connectivity index (χ1n) is 14.4. The van der Waals surface area contributed by atoms with E-state index in [0.717, 1.165) is 46.0 Å². The molecule has 0 bridgehead atoms. The highest BCUT2D eigenvalue weighted by Gasteiger charge is 2.25. The van der Waals surface area contributed by atoms with Crippen molar-refractivity contribution in [3.63, 3.8) is 0 Å². The van der Waals surface area contributed by atoms with Crippen LogP contribution in [0.1, 0.15) is 67.9 Å². The van der Waals surface area contributed by atoms with Crippen LogP contribution in [0.5, 0.6) is 11.5 Å². The van der Waals surface area contributed by atoms with Crippen LogP contribution in [-0.2, 0) is 50.5 Å². The van der Waals surface area contributed by atoms with Crippen molar-refractivity contribution in [2.45, 2.75) is 45.3 Å².